The quantitative estimate of drug-likeness (QED) is 0.203. The molecule has 0 bridgehead atoms. The maximum absolute atomic E-state index is 12.4. The van der Waals surface area contributed by atoms with Crippen molar-refractivity contribution < 1.29 is 27.2 Å². The number of rotatable bonds is 6. The van der Waals surface area contributed by atoms with Gasteiger partial charge in [-0.05, 0) is 61.2 Å². The van der Waals surface area contributed by atoms with E-state index >= 15 is 0 Å². The molecule has 14 heteroatoms. The third-order valence-electron chi connectivity index (χ3n) is 5.44. The van der Waals surface area contributed by atoms with Crippen LogP contribution in [0, 0.1) is 13.8 Å². The predicted octanol–water partition coefficient (Wildman–Crippen LogP) is 5.88. The number of anilines is 1. The van der Waals surface area contributed by atoms with Crippen molar-refractivity contribution in [2.45, 2.75) is 20.2 Å². The van der Waals surface area contributed by atoms with E-state index < -0.39 is 12.4 Å². The highest BCUT2D eigenvalue weighted by molar-refractivity contribution is 7.96. The first-order valence-electron chi connectivity index (χ1n) is 11.0. The number of urea groups is 1. The maximum atomic E-state index is 12.4. The molecule has 2 N–H and O–H groups in total. The molecule has 0 aliphatic carbocycles. The Morgan fingerprint density at radius 1 is 1.13 bits per heavy atom. The van der Waals surface area contributed by atoms with E-state index in [-0.39, 0.29) is 5.75 Å². The molecular formula is C24H18F3N7O3S. The number of ether oxygens (including phenoxy) is 1. The lowest BCUT2D eigenvalue weighted by Crippen LogP contribution is -2.22. The minimum absolute atomic E-state index is 0.320. The van der Waals surface area contributed by atoms with Crippen LogP contribution >= 0.6 is 12.1 Å². The molecule has 0 saturated carbocycles. The molecule has 2 aromatic heterocycles. The highest BCUT2D eigenvalue weighted by Crippen LogP contribution is 2.28. The van der Waals surface area contributed by atoms with Crippen LogP contribution in [0.2, 0.25) is 0 Å². The van der Waals surface area contributed by atoms with Crippen LogP contribution in [0.1, 0.15) is 17.0 Å². The SMILES string of the molecule is Cc1noc(C)c1NC(=O)NS/N=C/c1ccc2c(ccc3c2nnn3-c2ccc(OC(F)(F)F)cc2)c1. The zero-order valence-electron chi connectivity index (χ0n) is 19.8. The Hall–Kier alpha value is -4.59. The van der Waals surface area contributed by atoms with E-state index in [0.717, 1.165) is 28.5 Å². The third kappa shape index (κ3) is 5.39. The van der Waals surface area contributed by atoms with Gasteiger partial charge in [-0.15, -0.1) is 18.3 Å². The van der Waals surface area contributed by atoms with Crippen LogP contribution in [0.15, 0.2) is 63.5 Å². The lowest BCUT2D eigenvalue weighted by Gasteiger charge is -2.09. The second-order valence-corrected chi connectivity index (χ2v) is 8.64. The van der Waals surface area contributed by atoms with Gasteiger partial charge in [0.15, 0.2) is 5.76 Å². The lowest BCUT2D eigenvalue weighted by atomic mass is 10.1. The first kappa shape index (κ1) is 25.1. The van der Waals surface area contributed by atoms with Gasteiger partial charge in [0.05, 0.1) is 23.3 Å². The average Bonchev–Trinajstić information content (AvgIpc) is 3.45. The standard InChI is InChI=1S/C24H18F3N7O3S/c1-13-21(14(2)37-31-13)29-23(35)32-38-28-12-15-3-9-19-16(11-15)4-10-20-22(19)30-33-34(20)17-5-7-18(8-6-17)36-24(25,26)27/h3-12H,1-2H3,(H2,29,32,35)/b28-12+. The molecule has 5 aromatic rings. The smallest absolute Gasteiger partial charge is 0.406 e. The molecular weight excluding hydrogens is 523 g/mol. The summed E-state index contributed by atoms with van der Waals surface area (Å²) in [7, 11) is 0. The fourth-order valence-electron chi connectivity index (χ4n) is 3.75. The summed E-state index contributed by atoms with van der Waals surface area (Å²) < 4.78 is 54.5. The van der Waals surface area contributed by atoms with Crippen LogP contribution < -0.4 is 14.8 Å². The third-order valence-corrected chi connectivity index (χ3v) is 5.92. The maximum Gasteiger partial charge on any atom is 0.573 e. The monoisotopic (exact) mass is 541 g/mol. The molecule has 0 atom stereocenters. The van der Waals surface area contributed by atoms with E-state index in [1.54, 1.807) is 20.1 Å². The Labute approximate surface area is 217 Å². The Bertz CT molecular complexity index is 1640. The van der Waals surface area contributed by atoms with E-state index in [0.29, 0.717) is 33.9 Å². The lowest BCUT2D eigenvalue weighted by molar-refractivity contribution is -0.274. The summed E-state index contributed by atoms with van der Waals surface area (Å²) in [4.78, 5) is 12.0. The summed E-state index contributed by atoms with van der Waals surface area (Å²) in [5.74, 6) is 0.185. The summed E-state index contributed by atoms with van der Waals surface area (Å²) in [6, 6.07) is 14.3. The van der Waals surface area contributed by atoms with E-state index in [1.807, 2.05) is 30.3 Å². The fourth-order valence-corrected chi connectivity index (χ4v) is 4.11. The Morgan fingerprint density at radius 2 is 1.92 bits per heavy atom. The Morgan fingerprint density at radius 3 is 2.63 bits per heavy atom. The molecule has 0 radical (unpaired) electrons. The van der Waals surface area contributed by atoms with Crippen LogP contribution in [0.5, 0.6) is 5.75 Å². The summed E-state index contributed by atoms with van der Waals surface area (Å²) >= 11 is 0.862. The van der Waals surface area contributed by atoms with Gasteiger partial charge in [0.1, 0.15) is 22.6 Å². The normalized spacial score (nSPS) is 11.9. The van der Waals surface area contributed by atoms with Crippen LogP contribution in [-0.4, -0.2) is 38.8 Å². The van der Waals surface area contributed by atoms with Crippen molar-refractivity contribution in [3.8, 4) is 11.4 Å². The number of carbonyl (C=O) groups excluding carboxylic acids is 1. The predicted molar refractivity (Wildman–Crippen MR) is 136 cm³/mol. The number of fused-ring (bicyclic) bond motifs is 3. The number of hydrogen-bond donors (Lipinski definition) is 2. The van der Waals surface area contributed by atoms with E-state index in [2.05, 4.69) is 34.6 Å². The number of aromatic nitrogens is 4. The van der Waals surface area contributed by atoms with Gasteiger partial charge in [-0.25, -0.2) is 13.9 Å². The van der Waals surface area contributed by atoms with Crippen molar-refractivity contribution in [1.29, 1.82) is 0 Å². The minimum Gasteiger partial charge on any atom is -0.406 e. The number of alkyl halides is 3. The van der Waals surface area contributed by atoms with Gasteiger partial charge in [-0.1, -0.05) is 28.6 Å². The van der Waals surface area contributed by atoms with E-state index in [1.165, 1.54) is 28.9 Å². The Balaban J connectivity index is 1.28. The molecule has 38 heavy (non-hydrogen) atoms. The number of aryl methyl sites for hydroxylation is 2. The highest BCUT2D eigenvalue weighted by Gasteiger charge is 2.31. The molecule has 10 nitrogen and oxygen atoms in total. The number of benzene rings is 3. The topological polar surface area (TPSA) is 119 Å². The van der Waals surface area contributed by atoms with Crippen molar-refractivity contribution in [3.05, 3.63) is 71.6 Å². The van der Waals surface area contributed by atoms with Crippen molar-refractivity contribution in [2.24, 2.45) is 4.40 Å². The van der Waals surface area contributed by atoms with Crippen LogP contribution in [0.3, 0.4) is 0 Å². The zero-order valence-corrected chi connectivity index (χ0v) is 20.6. The summed E-state index contributed by atoms with van der Waals surface area (Å²) in [6.07, 6.45) is -3.16. The van der Waals surface area contributed by atoms with Gasteiger partial charge in [-0.3, -0.25) is 4.72 Å². The molecule has 194 valence electrons. The summed E-state index contributed by atoms with van der Waals surface area (Å²) in [5.41, 5.74) is 3.74. The largest absolute Gasteiger partial charge is 0.573 e. The van der Waals surface area contributed by atoms with Crippen molar-refractivity contribution >= 4 is 51.9 Å². The van der Waals surface area contributed by atoms with Crippen LogP contribution in [0.4, 0.5) is 23.7 Å². The van der Waals surface area contributed by atoms with Crippen molar-refractivity contribution in [1.82, 2.24) is 24.9 Å². The first-order valence-corrected chi connectivity index (χ1v) is 11.8. The van der Waals surface area contributed by atoms with Gasteiger partial charge in [0.2, 0.25) is 0 Å². The number of halogens is 3. The molecule has 0 saturated heterocycles. The van der Waals surface area contributed by atoms with Crippen molar-refractivity contribution in [2.75, 3.05) is 5.32 Å². The van der Waals surface area contributed by atoms with Crippen LogP contribution in [0.25, 0.3) is 27.5 Å². The van der Waals surface area contributed by atoms with E-state index in [9.17, 15) is 18.0 Å². The van der Waals surface area contributed by atoms with Gasteiger partial charge in [-0.2, -0.15) is 0 Å². The molecule has 3 aromatic carbocycles. The molecule has 5 rings (SSSR count). The average molecular weight is 542 g/mol. The van der Waals surface area contributed by atoms with E-state index in [4.69, 9.17) is 4.52 Å². The Kier molecular flexibility index (Phi) is 6.63. The molecule has 0 unspecified atom stereocenters. The molecule has 0 spiro atoms. The van der Waals surface area contributed by atoms with Gasteiger partial charge >= 0.3 is 12.4 Å². The second kappa shape index (κ2) is 10.0. The fraction of sp³-hybridized carbons (Fsp3) is 0.125. The number of nitrogens with zero attached hydrogens (tertiary/aromatic N) is 5. The van der Waals surface area contributed by atoms with Crippen molar-refractivity contribution in [3.63, 3.8) is 0 Å². The van der Waals surface area contributed by atoms with Gasteiger partial charge in [0.25, 0.3) is 0 Å². The van der Waals surface area contributed by atoms with Gasteiger partial charge in [0, 0.05) is 11.6 Å². The molecule has 0 aliphatic heterocycles. The number of nitrogens with one attached hydrogen (secondary N) is 2. The summed E-state index contributed by atoms with van der Waals surface area (Å²) in [6.45, 7) is 3.42. The first-order chi connectivity index (χ1) is 18.2. The molecule has 2 heterocycles. The molecule has 0 aliphatic rings. The summed E-state index contributed by atoms with van der Waals surface area (Å²) in [5, 5.41) is 16.6. The number of hydrogen-bond acceptors (Lipinski definition) is 8. The highest BCUT2D eigenvalue weighted by atomic mass is 32.2. The number of carbonyl (C=O) groups is 1. The van der Waals surface area contributed by atoms with Crippen LogP contribution in [-0.2, 0) is 0 Å². The van der Waals surface area contributed by atoms with Gasteiger partial charge < -0.3 is 14.6 Å². The second-order valence-electron chi connectivity index (χ2n) is 8.04. The zero-order chi connectivity index (χ0) is 26.9. The molecule has 0 fully saturated rings. The number of amides is 2. The minimum atomic E-state index is -4.76. The molecule has 2 amide bonds.